The number of amides is 1. The summed E-state index contributed by atoms with van der Waals surface area (Å²) in [4.78, 5) is 15.4. The van der Waals surface area contributed by atoms with Gasteiger partial charge >= 0.3 is 0 Å². The molecular weight excluding hydrogens is 382 g/mol. The minimum atomic E-state index is -3.95. The van der Waals surface area contributed by atoms with Crippen molar-refractivity contribution in [3.8, 4) is 0 Å². The molecule has 0 aromatic carbocycles. The Morgan fingerprint density at radius 1 is 1.48 bits per heavy atom. The van der Waals surface area contributed by atoms with Crippen LogP contribution in [0.1, 0.15) is 20.3 Å². The van der Waals surface area contributed by atoms with Crippen LogP contribution >= 0.6 is 27.5 Å². The highest BCUT2D eigenvalue weighted by atomic mass is 79.9. The first-order valence-electron chi connectivity index (χ1n) is 6.22. The van der Waals surface area contributed by atoms with Gasteiger partial charge in [-0.05, 0) is 34.3 Å². The molecule has 0 fully saturated rings. The van der Waals surface area contributed by atoms with Gasteiger partial charge in [-0.3, -0.25) is 4.79 Å². The van der Waals surface area contributed by atoms with Crippen molar-refractivity contribution < 1.29 is 13.2 Å². The van der Waals surface area contributed by atoms with Crippen LogP contribution in [0.15, 0.2) is 21.6 Å². The second-order valence-corrected chi connectivity index (χ2v) is 7.82. The van der Waals surface area contributed by atoms with Gasteiger partial charge < -0.3 is 5.32 Å². The van der Waals surface area contributed by atoms with E-state index in [0.717, 1.165) is 0 Å². The molecule has 0 aliphatic rings. The number of likely N-dealkylation sites (N-methyl/N-ethyl adjacent to an activating group) is 1. The number of nitrogens with one attached hydrogen (secondary N) is 2. The highest BCUT2D eigenvalue weighted by molar-refractivity contribution is 9.10. The Labute approximate surface area is 137 Å². The lowest BCUT2D eigenvalue weighted by molar-refractivity contribution is -0.122. The highest BCUT2D eigenvalue weighted by Gasteiger charge is 2.27. The molecule has 21 heavy (non-hydrogen) atoms. The van der Waals surface area contributed by atoms with Crippen molar-refractivity contribution >= 4 is 43.5 Å². The zero-order valence-electron chi connectivity index (χ0n) is 11.9. The van der Waals surface area contributed by atoms with E-state index >= 15 is 0 Å². The molecule has 2 N–H and O–H groups in total. The normalized spacial score (nSPS) is 13.2. The second kappa shape index (κ2) is 7.53. The third-order valence-corrected chi connectivity index (χ3v) is 4.96. The lowest BCUT2D eigenvalue weighted by Gasteiger charge is -2.19. The van der Waals surface area contributed by atoms with Crippen molar-refractivity contribution in [3.63, 3.8) is 0 Å². The molecule has 0 aliphatic heterocycles. The fourth-order valence-electron chi connectivity index (χ4n) is 1.70. The van der Waals surface area contributed by atoms with Crippen LogP contribution in [0, 0.1) is 5.92 Å². The fourth-order valence-corrected chi connectivity index (χ4v) is 3.85. The van der Waals surface area contributed by atoms with Gasteiger partial charge in [0.05, 0.1) is 0 Å². The molecule has 0 spiro atoms. The maximum absolute atomic E-state index is 12.4. The van der Waals surface area contributed by atoms with Gasteiger partial charge in [-0.15, -0.1) is 0 Å². The molecule has 0 saturated carbocycles. The summed E-state index contributed by atoms with van der Waals surface area (Å²) in [7, 11) is -2.49. The molecule has 118 valence electrons. The Hall–Kier alpha value is -0.700. The number of hydrogen-bond donors (Lipinski definition) is 2. The predicted molar refractivity (Wildman–Crippen MR) is 84.6 cm³/mol. The molecule has 0 saturated heterocycles. The topological polar surface area (TPSA) is 88.2 Å². The summed E-state index contributed by atoms with van der Waals surface area (Å²) in [6.07, 6.45) is 1.77. The maximum Gasteiger partial charge on any atom is 0.244 e. The Balaban J connectivity index is 3.11. The molecule has 1 amide bonds. The fraction of sp³-hybridized carbons (Fsp3) is 0.500. The van der Waals surface area contributed by atoms with E-state index in [0.29, 0.717) is 10.9 Å². The van der Waals surface area contributed by atoms with Gasteiger partial charge in [0.1, 0.15) is 16.1 Å². The monoisotopic (exact) mass is 397 g/mol. The summed E-state index contributed by atoms with van der Waals surface area (Å²) in [5, 5.41) is 2.30. The molecule has 0 bridgehead atoms. The standard InChI is InChI=1S/C12H17BrClN3O3S/c1-7(2)4-9(12(18)15-3)17-21(19,20)10-5-8(13)6-16-11(10)14/h5-7,9,17H,4H2,1-3H3,(H,15,18). The summed E-state index contributed by atoms with van der Waals surface area (Å²) >= 11 is 8.98. The second-order valence-electron chi connectivity index (χ2n) is 4.86. The van der Waals surface area contributed by atoms with Crippen molar-refractivity contribution in [1.82, 2.24) is 15.0 Å². The number of aromatic nitrogens is 1. The molecule has 6 nitrogen and oxygen atoms in total. The van der Waals surface area contributed by atoms with Crippen molar-refractivity contribution in [2.45, 2.75) is 31.2 Å². The number of pyridine rings is 1. The average molecular weight is 399 g/mol. The van der Waals surface area contributed by atoms with Crippen LogP contribution in [0.4, 0.5) is 0 Å². The number of sulfonamides is 1. The summed E-state index contributed by atoms with van der Waals surface area (Å²) in [6, 6.07) is 0.476. The summed E-state index contributed by atoms with van der Waals surface area (Å²) in [6.45, 7) is 3.80. The Morgan fingerprint density at radius 2 is 2.10 bits per heavy atom. The Kier molecular flexibility index (Phi) is 6.58. The Bertz CT molecular complexity index is 622. The van der Waals surface area contributed by atoms with E-state index in [1.54, 1.807) is 0 Å². The predicted octanol–water partition coefficient (Wildman–Crippen LogP) is 1.94. The quantitative estimate of drug-likeness (QED) is 0.717. The molecule has 1 heterocycles. The molecule has 1 unspecified atom stereocenters. The minimum Gasteiger partial charge on any atom is -0.358 e. The van der Waals surface area contributed by atoms with Crippen LogP contribution in [-0.4, -0.2) is 32.4 Å². The third-order valence-electron chi connectivity index (χ3n) is 2.63. The van der Waals surface area contributed by atoms with E-state index in [-0.39, 0.29) is 16.0 Å². The number of hydrogen-bond acceptors (Lipinski definition) is 4. The van der Waals surface area contributed by atoms with Gasteiger partial charge in [0.2, 0.25) is 15.9 Å². The lowest BCUT2D eigenvalue weighted by atomic mass is 10.0. The molecule has 9 heteroatoms. The summed E-state index contributed by atoms with van der Waals surface area (Å²) in [5.41, 5.74) is 0. The van der Waals surface area contributed by atoms with E-state index < -0.39 is 22.0 Å². The number of halogens is 2. The largest absolute Gasteiger partial charge is 0.358 e. The maximum atomic E-state index is 12.4. The minimum absolute atomic E-state index is 0.145. The van der Waals surface area contributed by atoms with Crippen LogP contribution in [-0.2, 0) is 14.8 Å². The first-order valence-corrected chi connectivity index (χ1v) is 8.87. The van der Waals surface area contributed by atoms with Crippen molar-refractivity contribution in [2.75, 3.05) is 7.05 Å². The molecule has 1 aromatic rings. The zero-order valence-corrected chi connectivity index (χ0v) is 15.0. The summed E-state index contributed by atoms with van der Waals surface area (Å²) < 4.78 is 27.6. The average Bonchev–Trinajstić information content (AvgIpc) is 2.38. The number of carbonyl (C=O) groups excluding carboxylic acids is 1. The van der Waals surface area contributed by atoms with E-state index in [9.17, 15) is 13.2 Å². The number of rotatable bonds is 6. The van der Waals surface area contributed by atoms with Gasteiger partial charge in [0.15, 0.2) is 0 Å². The van der Waals surface area contributed by atoms with Gasteiger partial charge in [-0.1, -0.05) is 25.4 Å². The van der Waals surface area contributed by atoms with Gasteiger partial charge in [-0.2, -0.15) is 4.72 Å². The van der Waals surface area contributed by atoms with Crippen molar-refractivity contribution in [2.24, 2.45) is 5.92 Å². The first-order chi connectivity index (χ1) is 9.67. The van der Waals surface area contributed by atoms with Crippen LogP contribution in [0.5, 0.6) is 0 Å². The SMILES string of the molecule is CNC(=O)C(CC(C)C)NS(=O)(=O)c1cc(Br)cnc1Cl. The van der Waals surface area contributed by atoms with Crippen molar-refractivity contribution in [1.29, 1.82) is 0 Å². The third kappa shape index (κ3) is 5.21. The lowest BCUT2D eigenvalue weighted by Crippen LogP contribution is -2.46. The van der Waals surface area contributed by atoms with Crippen molar-refractivity contribution in [3.05, 3.63) is 21.9 Å². The zero-order chi connectivity index (χ0) is 16.2. The Morgan fingerprint density at radius 3 is 2.62 bits per heavy atom. The first kappa shape index (κ1) is 18.3. The molecule has 1 aromatic heterocycles. The van der Waals surface area contributed by atoms with Crippen LogP contribution < -0.4 is 10.0 Å². The van der Waals surface area contributed by atoms with Crippen LogP contribution in [0.2, 0.25) is 5.15 Å². The molecule has 1 rings (SSSR count). The van der Waals surface area contributed by atoms with E-state index in [1.807, 2.05) is 13.8 Å². The smallest absolute Gasteiger partial charge is 0.244 e. The van der Waals surface area contributed by atoms with Gasteiger partial charge in [-0.25, -0.2) is 13.4 Å². The van der Waals surface area contributed by atoms with E-state index in [1.165, 1.54) is 19.3 Å². The number of carbonyl (C=O) groups is 1. The molecule has 1 atom stereocenters. The molecule has 0 radical (unpaired) electrons. The van der Waals surface area contributed by atoms with Gasteiger partial charge in [0.25, 0.3) is 0 Å². The highest BCUT2D eigenvalue weighted by Crippen LogP contribution is 2.23. The van der Waals surface area contributed by atoms with Crippen LogP contribution in [0.25, 0.3) is 0 Å². The summed E-state index contributed by atoms with van der Waals surface area (Å²) in [5.74, 6) is -0.252. The van der Waals surface area contributed by atoms with E-state index in [4.69, 9.17) is 11.6 Å². The molecule has 0 aliphatic carbocycles. The van der Waals surface area contributed by atoms with Gasteiger partial charge in [0, 0.05) is 17.7 Å². The molecular formula is C12H17BrClN3O3S. The number of nitrogens with zero attached hydrogens (tertiary/aromatic N) is 1. The van der Waals surface area contributed by atoms with Crippen LogP contribution in [0.3, 0.4) is 0 Å². The van der Waals surface area contributed by atoms with E-state index in [2.05, 4.69) is 31.0 Å².